The molecule has 96 valence electrons. The van der Waals surface area contributed by atoms with Crippen LogP contribution in [0.1, 0.15) is 20.7 Å². The van der Waals surface area contributed by atoms with Gasteiger partial charge in [-0.15, -0.1) is 0 Å². The number of rotatable bonds is 3. The molecule has 19 heavy (non-hydrogen) atoms. The fourth-order valence-electron chi connectivity index (χ4n) is 1.47. The highest BCUT2D eigenvalue weighted by Gasteiger charge is 2.09. The van der Waals surface area contributed by atoms with Gasteiger partial charge in [-0.3, -0.25) is 9.78 Å². The zero-order valence-electron chi connectivity index (χ0n) is 9.63. The predicted molar refractivity (Wildman–Crippen MR) is 73.3 cm³/mol. The van der Waals surface area contributed by atoms with Gasteiger partial charge in [0.1, 0.15) is 0 Å². The van der Waals surface area contributed by atoms with Gasteiger partial charge in [-0.05, 0) is 40.2 Å². The molecule has 1 amide bonds. The van der Waals surface area contributed by atoms with Crippen molar-refractivity contribution >= 4 is 33.5 Å². The molecule has 0 atom stereocenters. The van der Waals surface area contributed by atoms with Gasteiger partial charge in [0, 0.05) is 22.6 Å². The summed E-state index contributed by atoms with van der Waals surface area (Å²) in [5.41, 5.74) is 0.921. The molecule has 1 aromatic heterocycles. The third-order valence-electron chi connectivity index (χ3n) is 2.33. The van der Waals surface area contributed by atoms with Crippen molar-refractivity contribution in [2.75, 3.05) is 5.32 Å². The quantitative estimate of drug-likeness (QED) is 0.911. The first kappa shape index (κ1) is 13.2. The van der Waals surface area contributed by atoms with E-state index in [0.717, 1.165) is 0 Å². The molecule has 5 nitrogen and oxygen atoms in total. The Kier molecular flexibility index (Phi) is 3.91. The number of carboxylic acid groups (broad SMARTS) is 1. The SMILES string of the molecule is O=C(O)c1cccc(NC(=O)c2cncc(Br)c2)c1. The molecule has 0 radical (unpaired) electrons. The van der Waals surface area contributed by atoms with Crippen LogP contribution in [-0.2, 0) is 0 Å². The number of carbonyl (C=O) groups is 2. The van der Waals surface area contributed by atoms with Crippen LogP contribution in [0.25, 0.3) is 0 Å². The molecule has 0 bridgehead atoms. The van der Waals surface area contributed by atoms with Crippen LogP contribution < -0.4 is 5.32 Å². The second-order valence-electron chi connectivity index (χ2n) is 3.73. The summed E-state index contributed by atoms with van der Waals surface area (Å²) in [5.74, 6) is -1.39. The van der Waals surface area contributed by atoms with Crippen molar-refractivity contribution < 1.29 is 14.7 Å². The van der Waals surface area contributed by atoms with Crippen LogP contribution in [0.4, 0.5) is 5.69 Å². The Hall–Kier alpha value is -2.21. The van der Waals surface area contributed by atoms with Crippen LogP contribution in [0, 0.1) is 0 Å². The summed E-state index contributed by atoms with van der Waals surface area (Å²) in [6.07, 6.45) is 3.00. The highest BCUT2D eigenvalue weighted by Crippen LogP contribution is 2.14. The van der Waals surface area contributed by atoms with E-state index < -0.39 is 5.97 Å². The van der Waals surface area contributed by atoms with Crippen LogP contribution in [0.3, 0.4) is 0 Å². The maximum atomic E-state index is 11.9. The standard InChI is InChI=1S/C13H9BrN2O3/c14-10-4-9(6-15-7-10)12(17)16-11-3-1-2-8(5-11)13(18)19/h1-7H,(H,16,17)(H,18,19). The zero-order chi connectivity index (χ0) is 13.8. The van der Waals surface area contributed by atoms with Gasteiger partial charge in [0.25, 0.3) is 5.91 Å². The van der Waals surface area contributed by atoms with E-state index in [4.69, 9.17) is 5.11 Å². The Morgan fingerprint density at radius 1 is 1.16 bits per heavy atom. The van der Waals surface area contributed by atoms with Gasteiger partial charge in [-0.2, -0.15) is 0 Å². The van der Waals surface area contributed by atoms with Gasteiger partial charge in [-0.1, -0.05) is 6.07 Å². The molecule has 6 heteroatoms. The first-order valence-corrected chi connectivity index (χ1v) is 6.11. The monoisotopic (exact) mass is 320 g/mol. The molecule has 0 unspecified atom stereocenters. The summed E-state index contributed by atoms with van der Waals surface area (Å²) in [7, 11) is 0. The van der Waals surface area contributed by atoms with Gasteiger partial charge in [-0.25, -0.2) is 4.79 Å². The van der Waals surface area contributed by atoms with Crippen molar-refractivity contribution in [2.45, 2.75) is 0 Å². The van der Waals surface area contributed by atoms with E-state index in [1.165, 1.54) is 18.3 Å². The van der Waals surface area contributed by atoms with Gasteiger partial charge in [0.05, 0.1) is 11.1 Å². The number of benzene rings is 1. The topological polar surface area (TPSA) is 79.3 Å². The van der Waals surface area contributed by atoms with Crippen LogP contribution in [0.5, 0.6) is 0 Å². The number of hydrogen-bond acceptors (Lipinski definition) is 3. The molecule has 0 saturated heterocycles. The number of nitrogens with zero attached hydrogens (tertiary/aromatic N) is 1. The van der Waals surface area contributed by atoms with E-state index in [1.807, 2.05) is 0 Å². The zero-order valence-corrected chi connectivity index (χ0v) is 11.2. The largest absolute Gasteiger partial charge is 0.478 e. The molecule has 0 aliphatic rings. The van der Waals surface area contributed by atoms with E-state index >= 15 is 0 Å². The number of carbonyl (C=O) groups excluding carboxylic acids is 1. The molecule has 2 rings (SSSR count). The minimum absolute atomic E-state index is 0.116. The third kappa shape index (κ3) is 3.38. The summed E-state index contributed by atoms with van der Waals surface area (Å²) < 4.78 is 0.694. The molecule has 2 aromatic rings. The van der Waals surface area contributed by atoms with E-state index in [0.29, 0.717) is 15.7 Å². The Balaban J connectivity index is 2.19. The van der Waals surface area contributed by atoms with Gasteiger partial charge in [0.15, 0.2) is 0 Å². The fraction of sp³-hybridized carbons (Fsp3) is 0. The average Bonchev–Trinajstić information content (AvgIpc) is 2.39. The van der Waals surface area contributed by atoms with Crippen LogP contribution in [-0.4, -0.2) is 22.0 Å². The average molecular weight is 321 g/mol. The Morgan fingerprint density at radius 2 is 1.95 bits per heavy atom. The summed E-state index contributed by atoms with van der Waals surface area (Å²) in [6, 6.07) is 7.67. The van der Waals surface area contributed by atoms with Gasteiger partial charge in [0.2, 0.25) is 0 Å². The lowest BCUT2D eigenvalue weighted by Crippen LogP contribution is -2.12. The Bertz CT molecular complexity index is 643. The van der Waals surface area contributed by atoms with Crippen LogP contribution >= 0.6 is 15.9 Å². The van der Waals surface area contributed by atoms with E-state index in [-0.39, 0.29) is 11.5 Å². The number of hydrogen-bond donors (Lipinski definition) is 2. The van der Waals surface area contributed by atoms with Crippen molar-refractivity contribution in [3.05, 3.63) is 58.3 Å². The van der Waals surface area contributed by atoms with Crippen molar-refractivity contribution in [1.82, 2.24) is 4.98 Å². The number of nitrogens with one attached hydrogen (secondary N) is 1. The third-order valence-corrected chi connectivity index (χ3v) is 2.77. The summed E-state index contributed by atoms with van der Waals surface area (Å²) in [6.45, 7) is 0. The second-order valence-corrected chi connectivity index (χ2v) is 4.65. The summed E-state index contributed by atoms with van der Waals surface area (Å²) >= 11 is 3.23. The number of aromatic carboxylic acids is 1. The summed E-state index contributed by atoms with van der Waals surface area (Å²) in [5, 5.41) is 11.5. The lowest BCUT2D eigenvalue weighted by molar-refractivity contribution is 0.0696. The smallest absolute Gasteiger partial charge is 0.335 e. The molecule has 1 aromatic carbocycles. The first-order chi connectivity index (χ1) is 9.06. The molecular formula is C13H9BrN2O3. The predicted octanol–water partition coefficient (Wildman–Crippen LogP) is 2.79. The van der Waals surface area contributed by atoms with Crippen molar-refractivity contribution in [2.24, 2.45) is 0 Å². The fourth-order valence-corrected chi connectivity index (χ4v) is 1.83. The minimum Gasteiger partial charge on any atom is -0.478 e. The number of carboxylic acids is 1. The lowest BCUT2D eigenvalue weighted by Gasteiger charge is -2.06. The van der Waals surface area contributed by atoms with E-state index in [2.05, 4.69) is 26.2 Å². The molecular weight excluding hydrogens is 312 g/mol. The van der Waals surface area contributed by atoms with Crippen LogP contribution in [0.15, 0.2) is 47.2 Å². The maximum Gasteiger partial charge on any atom is 0.335 e. The van der Waals surface area contributed by atoms with E-state index in [9.17, 15) is 9.59 Å². The number of amides is 1. The maximum absolute atomic E-state index is 11.9. The first-order valence-electron chi connectivity index (χ1n) is 5.31. The van der Waals surface area contributed by atoms with Gasteiger partial charge < -0.3 is 10.4 Å². The number of pyridine rings is 1. The molecule has 1 heterocycles. The number of anilines is 1. The van der Waals surface area contributed by atoms with Gasteiger partial charge >= 0.3 is 5.97 Å². The summed E-state index contributed by atoms with van der Waals surface area (Å²) in [4.78, 5) is 26.6. The number of halogens is 1. The molecule has 0 spiro atoms. The molecule has 0 fully saturated rings. The molecule has 0 aliphatic carbocycles. The van der Waals surface area contributed by atoms with Crippen molar-refractivity contribution in [3.8, 4) is 0 Å². The molecule has 2 N–H and O–H groups in total. The van der Waals surface area contributed by atoms with Crippen molar-refractivity contribution in [1.29, 1.82) is 0 Å². The number of aromatic nitrogens is 1. The molecule has 0 aliphatic heterocycles. The van der Waals surface area contributed by atoms with Crippen molar-refractivity contribution in [3.63, 3.8) is 0 Å². The lowest BCUT2D eigenvalue weighted by atomic mass is 10.2. The second kappa shape index (κ2) is 5.62. The highest BCUT2D eigenvalue weighted by molar-refractivity contribution is 9.10. The Labute approximate surface area is 117 Å². The Morgan fingerprint density at radius 3 is 2.63 bits per heavy atom. The highest BCUT2D eigenvalue weighted by atomic mass is 79.9. The van der Waals surface area contributed by atoms with E-state index in [1.54, 1.807) is 24.4 Å². The molecule has 0 saturated carbocycles. The van der Waals surface area contributed by atoms with Crippen LogP contribution in [0.2, 0.25) is 0 Å². The normalized spacial score (nSPS) is 9.95. The minimum atomic E-state index is -1.04.